The van der Waals surface area contributed by atoms with Crippen LogP contribution in [-0.2, 0) is 10.7 Å². The largest absolute Gasteiger partial charge is 0.222 e. The van der Waals surface area contributed by atoms with Crippen molar-refractivity contribution >= 4 is 23.2 Å². The Morgan fingerprint density at radius 2 is 1.20 bits per heavy atom. The molecule has 0 heterocycles. The monoisotopic (exact) mass is 367 g/mol. The number of halogens is 2. The molecule has 1 aliphatic rings. The van der Waals surface area contributed by atoms with Crippen molar-refractivity contribution in [2.45, 2.75) is 23.3 Å². The van der Waals surface area contributed by atoms with E-state index in [1.165, 1.54) is 22.3 Å². The number of hydrogen-bond donors (Lipinski definition) is 0. The van der Waals surface area contributed by atoms with E-state index >= 15 is 0 Å². The fourth-order valence-electron chi connectivity index (χ4n) is 3.81. The van der Waals surface area contributed by atoms with Crippen LogP contribution in [0.1, 0.15) is 35.1 Å². The lowest BCUT2D eigenvalue weighted by atomic mass is 9.82. The SMILES string of the molecule is CC([O])(c1ccccc1C1c2ccccc2-c2ccccc21)C(Cl)Cl. The van der Waals surface area contributed by atoms with Gasteiger partial charge in [-0.2, -0.15) is 0 Å². The predicted molar refractivity (Wildman–Crippen MR) is 103 cm³/mol. The molecule has 0 fully saturated rings. The summed E-state index contributed by atoms with van der Waals surface area (Å²) in [6.45, 7) is 1.56. The zero-order valence-corrected chi connectivity index (χ0v) is 15.3. The molecule has 3 aromatic rings. The highest BCUT2D eigenvalue weighted by Gasteiger charge is 2.39. The van der Waals surface area contributed by atoms with Crippen molar-refractivity contribution in [3.05, 3.63) is 95.1 Å². The lowest BCUT2D eigenvalue weighted by Gasteiger charge is -2.28. The summed E-state index contributed by atoms with van der Waals surface area (Å²) >= 11 is 12.1. The van der Waals surface area contributed by atoms with Crippen LogP contribution in [0, 0.1) is 0 Å². The lowest BCUT2D eigenvalue weighted by molar-refractivity contribution is -0.00627. The molecule has 0 bridgehead atoms. The Balaban J connectivity index is 1.98. The number of alkyl halides is 2. The van der Waals surface area contributed by atoms with Crippen molar-refractivity contribution in [3.8, 4) is 11.1 Å². The van der Waals surface area contributed by atoms with E-state index < -0.39 is 10.4 Å². The number of rotatable bonds is 3. The summed E-state index contributed by atoms with van der Waals surface area (Å²) in [6, 6.07) is 24.5. The van der Waals surface area contributed by atoms with Crippen LogP contribution in [0.25, 0.3) is 11.1 Å². The molecule has 25 heavy (non-hydrogen) atoms. The maximum Gasteiger partial charge on any atom is 0.156 e. The van der Waals surface area contributed by atoms with Gasteiger partial charge in [0.1, 0.15) is 4.84 Å². The van der Waals surface area contributed by atoms with Crippen LogP contribution in [-0.4, -0.2) is 4.84 Å². The van der Waals surface area contributed by atoms with Gasteiger partial charge < -0.3 is 0 Å². The van der Waals surface area contributed by atoms with Gasteiger partial charge in [0.05, 0.1) is 0 Å². The Bertz CT molecular complexity index is 885. The highest BCUT2D eigenvalue weighted by Crippen LogP contribution is 2.50. The van der Waals surface area contributed by atoms with E-state index in [1.54, 1.807) is 6.92 Å². The average molecular weight is 368 g/mol. The molecule has 3 heteroatoms. The normalized spacial score (nSPS) is 15.7. The van der Waals surface area contributed by atoms with Crippen LogP contribution in [0.5, 0.6) is 0 Å². The van der Waals surface area contributed by atoms with E-state index in [0.29, 0.717) is 5.56 Å². The summed E-state index contributed by atoms with van der Waals surface area (Å²) < 4.78 is 0. The smallest absolute Gasteiger partial charge is 0.156 e. The molecule has 0 saturated heterocycles. The molecule has 1 nitrogen and oxygen atoms in total. The highest BCUT2D eigenvalue weighted by molar-refractivity contribution is 6.45. The average Bonchev–Trinajstić information content (AvgIpc) is 2.96. The maximum absolute atomic E-state index is 13.1. The zero-order valence-electron chi connectivity index (χ0n) is 13.7. The minimum absolute atomic E-state index is 0.0176. The van der Waals surface area contributed by atoms with Gasteiger partial charge in [0.2, 0.25) is 0 Å². The van der Waals surface area contributed by atoms with E-state index in [-0.39, 0.29) is 5.92 Å². The molecule has 1 radical (unpaired) electrons. The lowest BCUT2D eigenvalue weighted by Crippen LogP contribution is -2.29. The van der Waals surface area contributed by atoms with Crippen LogP contribution in [0.3, 0.4) is 0 Å². The molecule has 0 aromatic heterocycles. The van der Waals surface area contributed by atoms with E-state index in [0.717, 1.165) is 5.56 Å². The Morgan fingerprint density at radius 3 is 1.72 bits per heavy atom. The first-order valence-electron chi connectivity index (χ1n) is 8.28. The van der Waals surface area contributed by atoms with Gasteiger partial charge in [0.25, 0.3) is 0 Å². The fourth-order valence-corrected chi connectivity index (χ4v) is 4.04. The van der Waals surface area contributed by atoms with Gasteiger partial charge in [-0.3, -0.25) is 0 Å². The summed E-state index contributed by atoms with van der Waals surface area (Å²) in [4.78, 5) is -1.03. The Morgan fingerprint density at radius 1 is 0.760 bits per heavy atom. The summed E-state index contributed by atoms with van der Waals surface area (Å²) in [5.41, 5.74) is 4.93. The molecule has 0 N–H and O–H groups in total. The number of benzene rings is 3. The van der Waals surface area contributed by atoms with E-state index in [1.807, 2.05) is 36.4 Å². The van der Waals surface area contributed by atoms with Crippen LogP contribution >= 0.6 is 23.2 Å². The third-order valence-corrected chi connectivity index (χ3v) is 5.89. The second-order valence-corrected chi connectivity index (χ2v) is 7.70. The van der Waals surface area contributed by atoms with Gasteiger partial charge >= 0.3 is 0 Å². The van der Waals surface area contributed by atoms with Gasteiger partial charge in [0, 0.05) is 5.92 Å². The summed E-state index contributed by atoms with van der Waals surface area (Å²) in [6.07, 6.45) is 0. The number of hydrogen-bond acceptors (Lipinski definition) is 0. The molecule has 0 saturated carbocycles. The van der Waals surface area contributed by atoms with Crippen molar-refractivity contribution in [1.29, 1.82) is 0 Å². The first kappa shape index (κ1) is 16.7. The molecule has 4 rings (SSSR count). The van der Waals surface area contributed by atoms with Gasteiger partial charge in [-0.15, -0.1) is 23.2 Å². The second kappa shape index (κ2) is 6.17. The molecule has 1 atom stereocenters. The zero-order chi connectivity index (χ0) is 17.6. The topological polar surface area (TPSA) is 19.9 Å². The quantitative estimate of drug-likeness (QED) is 0.379. The van der Waals surface area contributed by atoms with Crippen molar-refractivity contribution in [3.63, 3.8) is 0 Å². The maximum atomic E-state index is 13.1. The Kier molecular flexibility index (Phi) is 4.11. The van der Waals surface area contributed by atoms with Crippen LogP contribution in [0.4, 0.5) is 0 Å². The van der Waals surface area contributed by atoms with E-state index in [9.17, 15) is 5.11 Å². The molecule has 125 valence electrons. The second-order valence-electron chi connectivity index (χ2n) is 6.60. The first-order chi connectivity index (χ1) is 12.0. The molecule has 0 spiro atoms. The molecule has 1 aliphatic carbocycles. The minimum atomic E-state index is -1.58. The van der Waals surface area contributed by atoms with Crippen LogP contribution in [0.2, 0.25) is 0 Å². The summed E-state index contributed by atoms with van der Waals surface area (Å²) in [7, 11) is 0. The molecule has 0 aliphatic heterocycles. The van der Waals surface area contributed by atoms with Gasteiger partial charge in [-0.05, 0) is 40.3 Å². The van der Waals surface area contributed by atoms with Crippen molar-refractivity contribution in [2.24, 2.45) is 0 Å². The standard InChI is InChI=1S/C22H17Cl2O/c1-22(25,21(23)24)19-13-7-6-12-18(19)20-16-10-4-2-8-14(16)15-9-3-5-11-17(15)20/h2-13,20-21H,1H3. The van der Waals surface area contributed by atoms with Crippen molar-refractivity contribution < 1.29 is 5.11 Å². The number of fused-ring (bicyclic) bond motifs is 3. The third kappa shape index (κ3) is 2.58. The predicted octanol–water partition coefficient (Wildman–Crippen LogP) is 6.30. The molecular formula is C22H17Cl2O. The van der Waals surface area contributed by atoms with E-state index in [4.69, 9.17) is 23.2 Å². The first-order valence-corrected chi connectivity index (χ1v) is 9.15. The third-order valence-electron chi connectivity index (χ3n) is 5.06. The molecule has 0 amide bonds. The summed E-state index contributed by atoms with van der Waals surface area (Å²) in [5.74, 6) is 0.0176. The summed E-state index contributed by atoms with van der Waals surface area (Å²) in [5, 5.41) is 13.1. The van der Waals surface area contributed by atoms with Gasteiger partial charge in [0.15, 0.2) is 5.60 Å². The Labute approximate surface area is 157 Å². The van der Waals surface area contributed by atoms with Gasteiger partial charge in [-0.25, -0.2) is 5.11 Å². The molecule has 1 unspecified atom stereocenters. The van der Waals surface area contributed by atoms with Crippen LogP contribution in [0.15, 0.2) is 72.8 Å². The Hall–Kier alpha value is -1.80. The van der Waals surface area contributed by atoms with Crippen molar-refractivity contribution in [1.82, 2.24) is 0 Å². The van der Waals surface area contributed by atoms with E-state index in [2.05, 4.69) is 36.4 Å². The van der Waals surface area contributed by atoms with Crippen molar-refractivity contribution in [2.75, 3.05) is 0 Å². The van der Waals surface area contributed by atoms with Gasteiger partial charge in [-0.1, -0.05) is 72.8 Å². The fraction of sp³-hybridized carbons (Fsp3) is 0.182. The molecule has 3 aromatic carbocycles. The minimum Gasteiger partial charge on any atom is -0.222 e. The van der Waals surface area contributed by atoms with Crippen LogP contribution < -0.4 is 0 Å². The highest BCUT2D eigenvalue weighted by atomic mass is 35.5. The molecular weight excluding hydrogens is 351 g/mol.